The number of benzene rings is 1. The van der Waals surface area contributed by atoms with Crippen molar-refractivity contribution in [3.8, 4) is 5.75 Å². The number of hydrogen-bond donors (Lipinski definition) is 5. The zero-order valence-electron chi connectivity index (χ0n) is 20.3. The number of Topliss-reactive ketones (excluding diaryl/α,β-unsaturated/α-hetero) is 4. The number of aliphatic hydroxyl groups is 1. The van der Waals surface area contributed by atoms with E-state index in [0.717, 1.165) is 0 Å². The summed E-state index contributed by atoms with van der Waals surface area (Å²) in [6.07, 6.45) is -0.00623. The standard InChI is InChI=1S/C24H27N5O8/c1-8(27-28-23(26)36)10-4-5-13(30)15-11(10)6-9-7-12-17(29(2)3)19(32)16(22(25)35)21(34)24(12,37)20(33)14(9)18(15)31/h4-5,9,12,14,16-17,30,37H,6-7H2,1-3H3,(H2,25,35)(H3,26,28,36)/b27-8+. The second kappa shape index (κ2) is 8.85. The molecular formula is C24H27N5O8. The Balaban J connectivity index is 1.86. The molecule has 0 radical (unpaired) electrons. The van der Waals surface area contributed by atoms with Crippen LogP contribution in [0.1, 0.15) is 34.8 Å². The number of likely N-dealkylation sites (N-methyl/N-ethyl adjacent to an activating group) is 1. The van der Waals surface area contributed by atoms with Crippen LogP contribution in [0.2, 0.25) is 0 Å². The smallest absolute Gasteiger partial charge is 0.332 e. The lowest BCUT2D eigenvalue weighted by atomic mass is 9.52. The third-order valence-electron chi connectivity index (χ3n) is 7.67. The van der Waals surface area contributed by atoms with E-state index in [1.54, 1.807) is 6.92 Å². The lowest BCUT2D eigenvalue weighted by molar-refractivity contribution is -0.181. The fraction of sp³-hybridized carbons (Fsp3) is 0.458. The van der Waals surface area contributed by atoms with E-state index in [2.05, 4.69) is 10.5 Å². The van der Waals surface area contributed by atoms with Crippen molar-refractivity contribution in [1.29, 1.82) is 0 Å². The Morgan fingerprint density at radius 3 is 2.35 bits per heavy atom. The average molecular weight is 514 g/mol. The molecule has 0 aliphatic heterocycles. The number of carbonyl (C=O) groups is 6. The third kappa shape index (κ3) is 3.73. The van der Waals surface area contributed by atoms with E-state index in [4.69, 9.17) is 11.5 Å². The maximum absolute atomic E-state index is 13.8. The first kappa shape index (κ1) is 26.1. The van der Waals surface area contributed by atoms with Crippen molar-refractivity contribution in [1.82, 2.24) is 10.3 Å². The summed E-state index contributed by atoms with van der Waals surface area (Å²) >= 11 is 0. The van der Waals surface area contributed by atoms with Crippen LogP contribution in [0.25, 0.3) is 0 Å². The molecule has 6 unspecified atom stereocenters. The molecule has 2 saturated carbocycles. The first-order valence-electron chi connectivity index (χ1n) is 11.5. The number of phenols is 1. The highest BCUT2D eigenvalue weighted by atomic mass is 16.3. The predicted molar refractivity (Wildman–Crippen MR) is 126 cm³/mol. The summed E-state index contributed by atoms with van der Waals surface area (Å²) in [5.74, 6) is -11.3. The maximum atomic E-state index is 13.8. The van der Waals surface area contributed by atoms with Gasteiger partial charge in [0.2, 0.25) is 5.91 Å². The van der Waals surface area contributed by atoms with E-state index in [9.17, 15) is 39.0 Å². The minimum atomic E-state index is -2.78. The van der Waals surface area contributed by atoms with Crippen LogP contribution in [-0.2, 0) is 25.6 Å². The Labute approximate surface area is 210 Å². The number of phenolic OH excluding ortho intramolecular Hbond substituents is 1. The molecule has 7 N–H and O–H groups in total. The molecule has 3 aliphatic rings. The topological polar surface area (TPSA) is 223 Å². The molecule has 13 heteroatoms. The van der Waals surface area contributed by atoms with Gasteiger partial charge in [0.25, 0.3) is 0 Å². The average Bonchev–Trinajstić information content (AvgIpc) is 2.79. The van der Waals surface area contributed by atoms with Gasteiger partial charge in [0.1, 0.15) is 5.75 Å². The summed E-state index contributed by atoms with van der Waals surface area (Å²) in [6, 6.07) is 0.637. The number of amides is 3. The van der Waals surface area contributed by atoms with Gasteiger partial charge in [0, 0.05) is 11.5 Å². The number of nitrogens with one attached hydrogen (secondary N) is 1. The number of hydrogen-bond acceptors (Lipinski definition) is 10. The quantitative estimate of drug-likeness (QED) is 0.175. The van der Waals surface area contributed by atoms with Crippen molar-refractivity contribution in [3.05, 3.63) is 28.8 Å². The van der Waals surface area contributed by atoms with E-state index in [0.29, 0.717) is 11.1 Å². The monoisotopic (exact) mass is 513 g/mol. The van der Waals surface area contributed by atoms with E-state index in [1.807, 2.05) is 0 Å². The van der Waals surface area contributed by atoms with Gasteiger partial charge in [-0.15, -0.1) is 0 Å². The number of hydrazone groups is 1. The highest BCUT2D eigenvalue weighted by molar-refractivity contribution is 6.32. The Bertz CT molecular complexity index is 1300. The number of primary amides is 2. The van der Waals surface area contributed by atoms with Gasteiger partial charge < -0.3 is 21.7 Å². The SMILES string of the molecule is C/C(=N\NC(N)=O)c1ccc(O)c2c1CC1CC3C(N(C)C)C(=O)C(C(N)=O)C(=O)C3(O)C(=O)C1C2=O. The zero-order valence-corrected chi connectivity index (χ0v) is 20.3. The molecule has 1 aromatic rings. The second-order valence-electron chi connectivity index (χ2n) is 9.95. The van der Waals surface area contributed by atoms with E-state index in [-0.39, 0.29) is 24.1 Å². The molecule has 0 bridgehead atoms. The number of nitrogens with two attached hydrogens (primary N) is 2. The van der Waals surface area contributed by atoms with Crippen molar-refractivity contribution in [2.24, 2.45) is 40.2 Å². The summed E-state index contributed by atoms with van der Waals surface area (Å²) in [6.45, 7) is 1.55. The van der Waals surface area contributed by atoms with Gasteiger partial charge in [0.05, 0.1) is 23.2 Å². The van der Waals surface area contributed by atoms with Crippen LogP contribution in [0.5, 0.6) is 5.75 Å². The molecule has 1 aromatic carbocycles. The molecule has 0 saturated heterocycles. The first-order valence-corrected chi connectivity index (χ1v) is 11.5. The number of fused-ring (bicyclic) bond motifs is 3. The summed E-state index contributed by atoms with van der Waals surface area (Å²) in [7, 11) is 3.02. The molecule has 0 aromatic heterocycles. The van der Waals surface area contributed by atoms with E-state index in [1.165, 1.54) is 31.1 Å². The molecule has 2 fully saturated rings. The molecule has 3 aliphatic carbocycles. The van der Waals surface area contributed by atoms with Crippen LogP contribution >= 0.6 is 0 Å². The Morgan fingerprint density at radius 1 is 1.14 bits per heavy atom. The first-order chi connectivity index (χ1) is 17.2. The van der Waals surface area contributed by atoms with Gasteiger partial charge in [-0.3, -0.25) is 28.9 Å². The van der Waals surface area contributed by atoms with E-state index >= 15 is 0 Å². The third-order valence-corrected chi connectivity index (χ3v) is 7.67. The zero-order chi connectivity index (χ0) is 27.6. The number of urea groups is 1. The minimum Gasteiger partial charge on any atom is -0.507 e. The van der Waals surface area contributed by atoms with Crippen LogP contribution in [-0.4, -0.2) is 81.6 Å². The summed E-state index contributed by atoms with van der Waals surface area (Å²) in [4.78, 5) is 78.3. The Kier molecular flexibility index (Phi) is 6.24. The summed E-state index contributed by atoms with van der Waals surface area (Å²) in [5.41, 5.74) is 10.6. The molecule has 6 atom stereocenters. The van der Waals surface area contributed by atoms with Crippen LogP contribution in [0, 0.1) is 23.7 Å². The van der Waals surface area contributed by atoms with Crippen molar-refractivity contribution >= 4 is 40.8 Å². The minimum absolute atomic E-state index is 0.0685. The Morgan fingerprint density at radius 2 is 1.78 bits per heavy atom. The molecule has 0 spiro atoms. The largest absolute Gasteiger partial charge is 0.507 e. The molecule has 37 heavy (non-hydrogen) atoms. The lowest BCUT2D eigenvalue weighted by Gasteiger charge is -2.52. The van der Waals surface area contributed by atoms with Crippen molar-refractivity contribution < 1.29 is 39.0 Å². The fourth-order valence-corrected chi connectivity index (χ4v) is 6.14. The molecule has 4 rings (SSSR count). The number of carbonyl (C=O) groups excluding carboxylic acids is 6. The van der Waals surface area contributed by atoms with Crippen LogP contribution in [0.3, 0.4) is 0 Å². The van der Waals surface area contributed by atoms with Gasteiger partial charge in [-0.1, -0.05) is 0 Å². The number of ketones is 4. The second-order valence-corrected chi connectivity index (χ2v) is 9.95. The van der Waals surface area contributed by atoms with Crippen LogP contribution in [0.15, 0.2) is 17.2 Å². The van der Waals surface area contributed by atoms with Crippen LogP contribution < -0.4 is 16.9 Å². The maximum Gasteiger partial charge on any atom is 0.332 e. The highest BCUT2D eigenvalue weighted by Crippen LogP contribution is 2.51. The molecule has 13 nitrogen and oxygen atoms in total. The van der Waals surface area contributed by atoms with Crippen molar-refractivity contribution in [2.75, 3.05) is 14.1 Å². The number of rotatable bonds is 4. The highest BCUT2D eigenvalue weighted by Gasteiger charge is 2.69. The van der Waals surface area contributed by atoms with Gasteiger partial charge in [-0.2, -0.15) is 5.10 Å². The lowest BCUT2D eigenvalue weighted by Crippen LogP contribution is -2.74. The number of aromatic hydroxyl groups is 1. The summed E-state index contributed by atoms with van der Waals surface area (Å²) < 4.78 is 0. The van der Waals surface area contributed by atoms with Crippen LogP contribution in [0.4, 0.5) is 4.79 Å². The fourth-order valence-electron chi connectivity index (χ4n) is 6.14. The van der Waals surface area contributed by atoms with Crippen molar-refractivity contribution in [2.45, 2.75) is 31.4 Å². The molecular weight excluding hydrogens is 486 g/mol. The normalized spacial score (nSPS) is 31.5. The predicted octanol–water partition coefficient (Wildman–Crippen LogP) is -1.74. The number of nitrogens with zero attached hydrogens (tertiary/aromatic N) is 2. The van der Waals surface area contributed by atoms with Gasteiger partial charge >= 0.3 is 6.03 Å². The molecule has 196 valence electrons. The van der Waals surface area contributed by atoms with Gasteiger partial charge in [0.15, 0.2) is 34.7 Å². The molecule has 3 amide bonds. The Hall–Kier alpha value is -3.97. The van der Waals surface area contributed by atoms with Gasteiger partial charge in [-0.25, -0.2) is 10.2 Å². The van der Waals surface area contributed by atoms with Crippen molar-refractivity contribution in [3.63, 3.8) is 0 Å². The summed E-state index contributed by atoms with van der Waals surface area (Å²) in [5, 5.41) is 26.0. The van der Waals surface area contributed by atoms with Gasteiger partial charge in [-0.05, 0) is 57.5 Å². The van der Waals surface area contributed by atoms with E-state index < -0.39 is 76.1 Å². The molecule has 0 heterocycles.